The third-order valence-corrected chi connectivity index (χ3v) is 5.28. The largest absolute Gasteiger partial charge is 0.480 e. The van der Waals surface area contributed by atoms with Crippen LogP contribution >= 0.6 is 11.3 Å². The molecule has 29 heavy (non-hydrogen) atoms. The maximum atomic E-state index is 12.3. The SMILES string of the molecule is CC1(CO)C=Cc2cc(NC(=O)Nc3nc4ccc([N+](=O)[O-])cc4s3)ccc2O1. The normalized spacial score (nSPS) is 17.4. The number of urea groups is 1. The molecule has 4 rings (SSSR count). The van der Waals surface area contributed by atoms with Crippen LogP contribution in [0, 0.1) is 10.1 Å². The topological polar surface area (TPSA) is 127 Å². The van der Waals surface area contributed by atoms with Crippen LogP contribution in [0.3, 0.4) is 0 Å². The van der Waals surface area contributed by atoms with Gasteiger partial charge in [-0.25, -0.2) is 9.78 Å². The summed E-state index contributed by atoms with van der Waals surface area (Å²) < 4.78 is 6.37. The van der Waals surface area contributed by atoms with Crippen molar-refractivity contribution in [1.82, 2.24) is 4.98 Å². The molecule has 0 bridgehead atoms. The Balaban J connectivity index is 1.47. The number of nitro groups is 1. The molecule has 1 aromatic heterocycles. The second-order valence-electron chi connectivity index (χ2n) is 6.67. The number of ether oxygens (including phenoxy) is 1. The molecule has 1 aliphatic rings. The van der Waals surface area contributed by atoms with Crippen LogP contribution in [0.4, 0.5) is 21.3 Å². The van der Waals surface area contributed by atoms with Gasteiger partial charge < -0.3 is 15.2 Å². The number of thiazole rings is 1. The maximum absolute atomic E-state index is 12.3. The first-order valence-corrected chi connectivity index (χ1v) is 9.43. The van der Waals surface area contributed by atoms with Crippen LogP contribution in [0.1, 0.15) is 12.5 Å². The molecule has 148 valence electrons. The van der Waals surface area contributed by atoms with E-state index in [9.17, 15) is 20.0 Å². The Morgan fingerprint density at radius 3 is 2.90 bits per heavy atom. The second kappa shape index (κ2) is 7.15. The molecule has 2 heterocycles. The van der Waals surface area contributed by atoms with Crippen LogP contribution in [0.2, 0.25) is 0 Å². The van der Waals surface area contributed by atoms with E-state index in [2.05, 4.69) is 15.6 Å². The highest BCUT2D eigenvalue weighted by atomic mass is 32.1. The van der Waals surface area contributed by atoms with Gasteiger partial charge in [-0.1, -0.05) is 17.4 Å². The molecule has 3 aromatic rings. The summed E-state index contributed by atoms with van der Waals surface area (Å²) >= 11 is 1.15. The van der Waals surface area contributed by atoms with Crippen molar-refractivity contribution < 1.29 is 19.6 Å². The number of fused-ring (bicyclic) bond motifs is 2. The molecular weight excluding hydrogens is 396 g/mol. The molecule has 0 saturated heterocycles. The molecule has 1 unspecified atom stereocenters. The molecule has 1 aliphatic heterocycles. The predicted octanol–water partition coefficient (Wildman–Crippen LogP) is 4.01. The number of carbonyl (C=O) groups is 1. The summed E-state index contributed by atoms with van der Waals surface area (Å²) in [6.45, 7) is 1.63. The Bertz CT molecular complexity index is 1160. The number of carbonyl (C=O) groups excluding carboxylic acids is 1. The van der Waals surface area contributed by atoms with Crippen molar-refractivity contribution in [1.29, 1.82) is 0 Å². The quantitative estimate of drug-likeness (QED) is 0.439. The van der Waals surface area contributed by atoms with Crippen molar-refractivity contribution in [2.75, 3.05) is 17.2 Å². The summed E-state index contributed by atoms with van der Waals surface area (Å²) in [5, 5.41) is 26.0. The lowest BCUT2D eigenvalue weighted by Crippen LogP contribution is -2.35. The Labute approximate surface area is 168 Å². The van der Waals surface area contributed by atoms with E-state index in [0.29, 0.717) is 26.8 Å². The Morgan fingerprint density at radius 2 is 2.14 bits per heavy atom. The number of rotatable bonds is 4. The highest BCUT2D eigenvalue weighted by molar-refractivity contribution is 7.22. The average molecular weight is 412 g/mol. The predicted molar refractivity (Wildman–Crippen MR) is 111 cm³/mol. The number of nitrogens with one attached hydrogen (secondary N) is 2. The number of hydrogen-bond acceptors (Lipinski definition) is 7. The van der Waals surface area contributed by atoms with Crippen LogP contribution in [0.25, 0.3) is 16.3 Å². The van der Waals surface area contributed by atoms with E-state index in [1.807, 2.05) is 6.08 Å². The molecule has 2 amide bonds. The van der Waals surface area contributed by atoms with Gasteiger partial charge >= 0.3 is 6.03 Å². The van der Waals surface area contributed by atoms with Crippen LogP contribution < -0.4 is 15.4 Å². The summed E-state index contributed by atoms with van der Waals surface area (Å²) in [6.07, 6.45) is 3.60. The van der Waals surface area contributed by atoms with E-state index in [1.54, 1.807) is 37.3 Å². The van der Waals surface area contributed by atoms with Crippen LogP contribution in [0.15, 0.2) is 42.5 Å². The monoisotopic (exact) mass is 412 g/mol. The Kier molecular flexibility index (Phi) is 4.65. The molecule has 0 spiro atoms. The zero-order chi connectivity index (χ0) is 20.6. The minimum absolute atomic E-state index is 0.0289. The zero-order valence-corrected chi connectivity index (χ0v) is 16.0. The summed E-state index contributed by atoms with van der Waals surface area (Å²) in [4.78, 5) is 27.0. The van der Waals surface area contributed by atoms with Crippen molar-refractivity contribution in [2.45, 2.75) is 12.5 Å². The van der Waals surface area contributed by atoms with Crippen molar-refractivity contribution >= 4 is 50.2 Å². The van der Waals surface area contributed by atoms with Crippen molar-refractivity contribution in [2.24, 2.45) is 0 Å². The lowest BCUT2D eigenvalue weighted by molar-refractivity contribution is -0.384. The number of non-ortho nitro benzene ring substituents is 1. The van der Waals surface area contributed by atoms with Gasteiger partial charge in [-0.15, -0.1) is 0 Å². The molecule has 2 aromatic carbocycles. The van der Waals surface area contributed by atoms with Gasteiger partial charge in [0, 0.05) is 23.4 Å². The number of amides is 2. The lowest BCUT2D eigenvalue weighted by atomic mass is 10.0. The summed E-state index contributed by atoms with van der Waals surface area (Å²) in [5.41, 5.74) is 1.11. The third kappa shape index (κ3) is 3.89. The van der Waals surface area contributed by atoms with Gasteiger partial charge in [0.05, 0.1) is 21.7 Å². The Morgan fingerprint density at radius 1 is 1.31 bits per heavy atom. The van der Waals surface area contributed by atoms with Crippen LogP contribution in [0.5, 0.6) is 5.75 Å². The highest BCUT2D eigenvalue weighted by Gasteiger charge is 2.26. The summed E-state index contributed by atoms with van der Waals surface area (Å²) in [5.74, 6) is 0.614. The highest BCUT2D eigenvalue weighted by Crippen LogP contribution is 2.33. The van der Waals surface area contributed by atoms with Crippen molar-refractivity contribution in [3.8, 4) is 5.75 Å². The van der Waals surface area contributed by atoms with Gasteiger partial charge in [0.25, 0.3) is 5.69 Å². The lowest BCUT2D eigenvalue weighted by Gasteiger charge is -2.29. The average Bonchev–Trinajstić information content (AvgIpc) is 3.09. The number of anilines is 2. The molecule has 0 radical (unpaired) electrons. The molecule has 1 atom stereocenters. The fourth-order valence-corrected chi connectivity index (χ4v) is 3.72. The Hall–Kier alpha value is -3.50. The smallest absolute Gasteiger partial charge is 0.325 e. The van der Waals surface area contributed by atoms with E-state index >= 15 is 0 Å². The number of hydrogen-bond donors (Lipinski definition) is 3. The maximum Gasteiger partial charge on any atom is 0.325 e. The molecule has 3 N–H and O–H groups in total. The molecule has 0 aliphatic carbocycles. The first-order valence-electron chi connectivity index (χ1n) is 8.61. The van der Waals surface area contributed by atoms with Crippen molar-refractivity contribution in [3.05, 3.63) is 58.2 Å². The standard InChI is InChI=1S/C19H16N4O5S/c1-19(10-24)7-6-11-8-12(2-5-15(11)28-19)20-17(25)22-18-21-14-4-3-13(23(26)27)9-16(14)29-18/h2-9,24H,10H2,1H3,(H2,20,21,22,25). The number of aliphatic hydroxyl groups excluding tert-OH is 1. The number of aromatic nitrogens is 1. The van der Waals surface area contributed by atoms with Gasteiger partial charge in [0.1, 0.15) is 11.4 Å². The van der Waals surface area contributed by atoms with Gasteiger partial charge in [0.15, 0.2) is 5.13 Å². The third-order valence-electron chi connectivity index (χ3n) is 4.34. The van der Waals surface area contributed by atoms with E-state index in [0.717, 1.165) is 16.9 Å². The van der Waals surface area contributed by atoms with E-state index < -0.39 is 16.6 Å². The molecular formula is C19H16N4O5S. The second-order valence-corrected chi connectivity index (χ2v) is 7.70. The fraction of sp³-hybridized carbons (Fsp3) is 0.158. The molecule has 9 nitrogen and oxygen atoms in total. The number of aliphatic hydroxyl groups is 1. The van der Waals surface area contributed by atoms with Gasteiger partial charge in [0.2, 0.25) is 0 Å². The number of benzene rings is 2. The molecule has 0 fully saturated rings. The molecule has 10 heteroatoms. The summed E-state index contributed by atoms with van der Waals surface area (Å²) in [6, 6.07) is 9.02. The van der Waals surface area contributed by atoms with Crippen molar-refractivity contribution in [3.63, 3.8) is 0 Å². The van der Waals surface area contributed by atoms with Gasteiger partial charge in [-0.05, 0) is 37.3 Å². The van der Waals surface area contributed by atoms with Crippen LogP contribution in [-0.4, -0.2) is 33.3 Å². The van der Waals surface area contributed by atoms with Gasteiger partial charge in [-0.2, -0.15) is 0 Å². The number of nitro benzene ring substituents is 1. The van der Waals surface area contributed by atoms with E-state index in [-0.39, 0.29) is 12.3 Å². The minimum Gasteiger partial charge on any atom is -0.480 e. The first kappa shape index (κ1) is 18.8. The van der Waals surface area contributed by atoms with Gasteiger partial charge in [-0.3, -0.25) is 15.4 Å². The molecule has 0 saturated carbocycles. The zero-order valence-electron chi connectivity index (χ0n) is 15.2. The van der Waals surface area contributed by atoms with E-state index in [1.165, 1.54) is 12.1 Å². The number of nitrogens with zero attached hydrogens (tertiary/aromatic N) is 2. The summed E-state index contributed by atoms with van der Waals surface area (Å²) in [7, 11) is 0. The fourth-order valence-electron chi connectivity index (χ4n) is 2.83. The van der Waals surface area contributed by atoms with Crippen LogP contribution in [-0.2, 0) is 0 Å². The van der Waals surface area contributed by atoms with E-state index in [4.69, 9.17) is 4.74 Å². The first-order chi connectivity index (χ1) is 13.8. The minimum atomic E-state index is -0.763.